The SMILES string of the molecule is CCCC(C)C(=O)Cc1ccn(C(C)C)n1. The molecule has 0 amide bonds. The zero-order chi connectivity index (χ0) is 12.1. The average molecular weight is 222 g/mol. The molecule has 90 valence electrons. The van der Waals surface area contributed by atoms with E-state index in [0.717, 1.165) is 18.5 Å². The van der Waals surface area contributed by atoms with Crippen molar-refractivity contribution in [3.05, 3.63) is 18.0 Å². The van der Waals surface area contributed by atoms with Crippen LogP contribution in [-0.2, 0) is 11.2 Å². The summed E-state index contributed by atoms with van der Waals surface area (Å²) in [5.74, 6) is 0.463. The van der Waals surface area contributed by atoms with Gasteiger partial charge >= 0.3 is 0 Å². The largest absolute Gasteiger partial charge is 0.299 e. The molecule has 0 aliphatic carbocycles. The van der Waals surface area contributed by atoms with E-state index in [1.807, 2.05) is 23.9 Å². The molecule has 0 aromatic carbocycles. The van der Waals surface area contributed by atoms with Gasteiger partial charge in [-0.1, -0.05) is 20.3 Å². The first-order valence-electron chi connectivity index (χ1n) is 6.11. The molecule has 0 aliphatic heterocycles. The van der Waals surface area contributed by atoms with Crippen LogP contribution in [0.4, 0.5) is 0 Å². The predicted molar refractivity (Wildman–Crippen MR) is 65.4 cm³/mol. The van der Waals surface area contributed by atoms with Crippen molar-refractivity contribution in [3.8, 4) is 0 Å². The van der Waals surface area contributed by atoms with Crippen LogP contribution in [0.2, 0.25) is 0 Å². The minimum atomic E-state index is 0.161. The van der Waals surface area contributed by atoms with Gasteiger partial charge < -0.3 is 0 Å². The summed E-state index contributed by atoms with van der Waals surface area (Å²) >= 11 is 0. The third kappa shape index (κ3) is 3.47. The molecule has 0 spiro atoms. The summed E-state index contributed by atoms with van der Waals surface area (Å²) in [7, 11) is 0. The summed E-state index contributed by atoms with van der Waals surface area (Å²) in [5.41, 5.74) is 0.890. The molecule has 0 fully saturated rings. The highest BCUT2D eigenvalue weighted by Crippen LogP contribution is 2.11. The van der Waals surface area contributed by atoms with Crippen molar-refractivity contribution in [2.24, 2.45) is 5.92 Å². The Labute approximate surface area is 97.8 Å². The lowest BCUT2D eigenvalue weighted by Gasteiger charge is -2.07. The van der Waals surface area contributed by atoms with E-state index >= 15 is 0 Å². The van der Waals surface area contributed by atoms with Gasteiger partial charge in [0.15, 0.2) is 0 Å². The second kappa shape index (κ2) is 5.83. The number of nitrogens with zero attached hydrogens (tertiary/aromatic N) is 2. The van der Waals surface area contributed by atoms with E-state index < -0.39 is 0 Å². The van der Waals surface area contributed by atoms with Crippen molar-refractivity contribution in [3.63, 3.8) is 0 Å². The molecule has 0 saturated heterocycles. The van der Waals surface area contributed by atoms with Gasteiger partial charge in [0.1, 0.15) is 5.78 Å². The Balaban J connectivity index is 2.56. The molecule has 0 bridgehead atoms. The summed E-state index contributed by atoms with van der Waals surface area (Å²) in [6.07, 6.45) is 4.45. The first kappa shape index (κ1) is 12.9. The number of carbonyl (C=O) groups is 1. The van der Waals surface area contributed by atoms with Crippen LogP contribution < -0.4 is 0 Å². The lowest BCUT2D eigenvalue weighted by atomic mass is 9.98. The zero-order valence-electron chi connectivity index (χ0n) is 10.7. The van der Waals surface area contributed by atoms with Crippen LogP contribution in [0.3, 0.4) is 0 Å². The first-order chi connectivity index (χ1) is 7.54. The Morgan fingerprint density at radius 3 is 2.62 bits per heavy atom. The molecule has 1 rings (SSSR count). The van der Waals surface area contributed by atoms with Gasteiger partial charge in [0.25, 0.3) is 0 Å². The molecule has 1 aromatic heterocycles. The third-order valence-corrected chi connectivity index (χ3v) is 2.82. The molecule has 0 saturated carbocycles. The summed E-state index contributed by atoms with van der Waals surface area (Å²) < 4.78 is 1.90. The van der Waals surface area contributed by atoms with Crippen LogP contribution >= 0.6 is 0 Å². The van der Waals surface area contributed by atoms with Crippen molar-refractivity contribution in [2.45, 2.75) is 53.0 Å². The van der Waals surface area contributed by atoms with Gasteiger partial charge in [-0.05, 0) is 26.3 Å². The van der Waals surface area contributed by atoms with Gasteiger partial charge in [-0.25, -0.2) is 0 Å². The number of rotatable bonds is 6. The standard InChI is InChI=1S/C13H22N2O/c1-5-6-11(4)13(16)9-12-7-8-15(14-12)10(2)3/h7-8,10-11H,5-6,9H2,1-4H3. The normalized spacial score (nSPS) is 13.1. The van der Waals surface area contributed by atoms with Crippen LogP contribution in [0.5, 0.6) is 0 Å². The van der Waals surface area contributed by atoms with E-state index in [2.05, 4.69) is 25.9 Å². The van der Waals surface area contributed by atoms with Gasteiger partial charge in [-0.2, -0.15) is 5.10 Å². The molecule has 1 atom stereocenters. The van der Waals surface area contributed by atoms with Gasteiger partial charge in [-0.3, -0.25) is 9.48 Å². The Hall–Kier alpha value is -1.12. The van der Waals surface area contributed by atoms with Crippen molar-refractivity contribution in [1.29, 1.82) is 0 Å². The number of hydrogen-bond acceptors (Lipinski definition) is 2. The topological polar surface area (TPSA) is 34.9 Å². The second-order valence-electron chi connectivity index (χ2n) is 4.71. The van der Waals surface area contributed by atoms with E-state index in [1.54, 1.807) is 0 Å². The maximum absolute atomic E-state index is 11.8. The Kier molecular flexibility index (Phi) is 4.71. The molecule has 0 aliphatic rings. The first-order valence-corrected chi connectivity index (χ1v) is 6.11. The highest BCUT2D eigenvalue weighted by Gasteiger charge is 2.14. The zero-order valence-corrected chi connectivity index (χ0v) is 10.7. The van der Waals surface area contributed by atoms with Crippen molar-refractivity contribution < 1.29 is 4.79 Å². The fourth-order valence-electron chi connectivity index (χ4n) is 1.71. The molecule has 0 radical (unpaired) electrons. The Bertz CT molecular complexity index is 341. The van der Waals surface area contributed by atoms with E-state index in [0.29, 0.717) is 18.2 Å². The molecule has 3 nitrogen and oxygen atoms in total. The quantitative estimate of drug-likeness (QED) is 0.741. The Morgan fingerprint density at radius 2 is 2.12 bits per heavy atom. The summed E-state index contributed by atoms with van der Waals surface area (Å²) in [4.78, 5) is 11.8. The second-order valence-corrected chi connectivity index (χ2v) is 4.71. The molecule has 1 aromatic rings. The van der Waals surface area contributed by atoms with E-state index in [4.69, 9.17) is 0 Å². The van der Waals surface area contributed by atoms with Crippen LogP contribution in [0.25, 0.3) is 0 Å². The highest BCUT2D eigenvalue weighted by atomic mass is 16.1. The van der Waals surface area contributed by atoms with E-state index in [1.165, 1.54) is 0 Å². The fourth-order valence-corrected chi connectivity index (χ4v) is 1.71. The molecule has 1 heterocycles. The fraction of sp³-hybridized carbons (Fsp3) is 0.692. The average Bonchev–Trinajstić information content (AvgIpc) is 2.66. The van der Waals surface area contributed by atoms with Crippen LogP contribution in [0, 0.1) is 5.92 Å². The lowest BCUT2D eigenvalue weighted by Crippen LogP contribution is -2.14. The van der Waals surface area contributed by atoms with Crippen LogP contribution in [-0.4, -0.2) is 15.6 Å². The molecule has 3 heteroatoms. The van der Waals surface area contributed by atoms with Crippen molar-refractivity contribution >= 4 is 5.78 Å². The highest BCUT2D eigenvalue weighted by molar-refractivity contribution is 5.82. The number of carbonyl (C=O) groups excluding carboxylic acids is 1. The van der Waals surface area contributed by atoms with Gasteiger partial charge in [-0.15, -0.1) is 0 Å². The number of ketones is 1. The minimum Gasteiger partial charge on any atom is -0.299 e. The van der Waals surface area contributed by atoms with Crippen LogP contribution in [0.15, 0.2) is 12.3 Å². The summed E-state index contributed by atoms with van der Waals surface area (Å²) in [6, 6.07) is 2.30. The van der Waals surface area contributed by atoms with E-state index in [-0.39, 0.29) is 5.92 Å². The lowest BCUT2D eigenvalue weighted by molar-refractivity contribution is -0.121. The molecule has 0 N–H and O–H groups in total. The van der Waals surface area contributed by atoms with Gasteiger partial charge in [0, 0.05) is 18.2 Å². The molecule has 1 unspecified atom stereocenters. The summed E-state index contributed by atoms with van der Waals surface area (Å²) in [5, 5.41) is 4.39. The monoisotopic (exact) mass is 222 g/mol. The molecular formula is C13H22N2O. The molecule has 16 heavy (non-hydrogen) atoms. The van der Waals surface area contributed by atoms with E-state index in [9.17, 15) is 4.79 Å². The third-order valence-electron chi connectivity index (χ3n) is 2.82. The van der Waals surface area contributed by atoms with Gasteiger partial charge in [0.2, 0.25) is 0 Å². The maximum atomic E-state index is 11.8. The number of aromatic nitrogens is 2. The van der Waals surface area contributed by atoms with Crippen molar-refractivity contribution in [2.75, 3.05) is 0 Å². The van der Waals surface area contributed by atoms with Gasteiger partial charge in [0.05, 0.1) is 12.1 Å². The number of hydrogen-bond donors (Lipinski definition) is 0. The smallest absolute Gasteiger partial charge is 0.141 e. The molecular weight excluding hydrogens is 200 g/mol. The minimum absolute atomic E-state index is 0.161. The maximum Gasteiger partial charge on any atom is 0.141 e. The summed E-state index contributed by atoms with van der Waals surface area (Å²) in [6.45, 7) is 8.28. The van der Waals surface area contributed by atoms with Crippen LogP contribution in [0.1, 0.15) is 52.3 Å². The number of Topliss-reactive ketones (excluding diaryl/α,β-unsaturated/α-hetero) is 1. The predicted octanol–water partition coefficient (Wildman–Crippen LogP) is 3.01. The van der Waals surface area contributed by atoms with Crippen molar-refractivity contribution in [1.82, 2.24) is 9.78 Å². The Morgan fingerprint density at radius 1 is 1.44 bits per heavy atom.